The van der Waals surface area contributed by atoms with Crippen molar-refractivity contribution < 1.29 is 4.39 Å². The molecule has 0 fully saturated rings. The van der Waals surface area contributed by atoms with Gasteiger partial charge < -0.3 is 5.73 Å². The van der Waals surface area contributed by atoms with Crippen molar-refractivity contribution in [3.05, 3.63) is 34.1 Å². The smallest absolute Gasteiger partial charge is 0.124 e. The summed E-state index contributed by atoms with van der Waals surface area (Å²) < 4.78 is 14.0. The van der Waals surface area contributed by atoms with Gasteiger partial charge in [0.2, 0.25) is 0 Å². The van der Waals surface area contributed by atoms with Crippen molar-refractivity contribution in [1.29, 1.82) is 0 Å². The molecular formula is C16H26BrFN2. The Balaban J connectivity index is 2.94. The normalized spacial score (nSPS) is 16.2. The lowest BCUT2D eigenvalue weighted by Crippen LogP contribution is -2.58. The Bertz CT molecular complexity index is 434. The van der Waals surface area contributed by atoms with Gasteiger partial charge in [0.1, 0.15) is 5.82 Å². The molecule has 1 aromatic carbocycles. The van der Waals surface area contributed by atoms with Crippen molar-refractivity contribution >= 4 is 15.9 Å². The van der Waals surface area contributed by atoms with E-state index < -0.39 is 0 Å². The summed E-state index contributed by atoms with van der Waals surface area (Å²) >= 11 is 3.43. The van der Waals surface area contributed by atoms with Gasteiger partial charge in [0, 0.05) is 16.1 Å². The van der Waals surface area contributed by atoms with Crippen LogP contribution in [0.15, 0.2) is 22.7 Å². The summed E-state index contributed by atoms with van der Waals surface area (Å²) in [5.41, 5.74) is 7.51. The van der Waals surface area contributed by atoms with Crippen molar-refractivity contribution in [3.63, 3.8) is 0 Å². The average molecular weight is 345 g/mol. The minimum Gasteiger partial charge on any atom is -0.326 e. The third-order valence-electron chi connectivity index (χ3n) is 4.46. The standard InChI is InChI=1S/C16H26BrFN2/c1-5-16(4,20(6-2)7-3)15(19)10-12-8-9-13(18)11-14(12)17/h8-9,11,15H,5-7,10,19H2,1-4H3. The number of halogens is 2. The highest BCUT2D eigenvalue weighted by Crippen LogP contribution is 2.27. The van der Waals surface area contributed by atoms with Crippen LogP contribution in [0.1, 0.15) is 39.7 Å². The van der Waals surface area contributed by atoms with E-state index in [9.17, 15) is 4.39 Å². The lowest BCUT2D eigenvalue weighted by molar-refractivity contribution is 0.0844. The first-order valence-electron chi connectivity index (χ1n) is 7.33. The van der Waals surface area contributed by atoms with E-state index in [4.69, 9.17) is 5.73 Å². The number of nitrogens with zero attached hydrogens (tertiary/aromatic N) is 1. The minimum atomic E-state index is -0.226. The van der Waals surface area contributed by atoms with Gasteiger partial charge in [-0.3, -0.25) is 4.90 Å². The maximum atomic E-state index is 13.2. The average Bonchev–Trinajstić information content (AvgIpc) is 2.42. The van der Waals surface area contributed by atoms with E-state index in [0.717, 1.165) is 36.0 Å². The fourth-order valence-corrected chi connectivity index (χ4v) is 3.32. The highest BCUT2D eigenvalue weighted by Gasteiger charge is 2.34. The topological polar surface area (TPSA) is 29.3 Å². The molecule has 0 saturated heterocycles. The number of nitrogens with two attached hydrogens (primary N) is 1. The molecule has 0 saturated carbocycles. The van der Waals surface area contributed by atoms with Crippen LogP contribution in [0.4, 0.5) is 4.39 Å². The first-order valence-corrected chi connectivity index (χ1v) is 8.12. The van der Waals surface area contributed by atoms with Crippen LogP contribution in [0, 0.1) is 5.82 Å². The van der Waals surface area contributed by atoms with E-state index in [2.05, 4.69) is 48.5 Å². The second-order valence-electron chi connectivity index (χ2n) is 5.43. The van der Waals surface area contributed by atoms with Crippen LogP contribution in [0.5, 0.6) is 0 Å². The van der Waals surface area contributed by atoms with Crippen molar-refractivity contribution in [2.45, 2.75) is 52.1 Å². The second kappa shape index (κ2) is 7.53. The third-order valence-corrected chi connectivity index (χ3v) is 5.19. The zero-order chi connectivity index (χ0) is 15.3. The monoisotopic (exact) mass is 344 g/mol. The van der Waals surface area contributed by atoms with Crippen molar-refractivity contribution in [2.24, 2.45) is 5.73 Å². The Morgan fingerprint density at radius 2 is 1.90 bits per heavy atom. The molecule has 1 rings (SSSR count). The van der Waals surface area contributed by atoms with Crippen molar-refractivity contribution in [2.75, 3.05) is 13.1 Å². The van der Waals surface area contributed by atoms with E-state index in [-0.39, 0.29) is 17.4 Å². The Hall–Kier alpha value is -0.450. The third kappa shape index (κ3) is 3.80. The lowest BCUT2D eigenvalue weighted by Gasteiger charge is -2.44. The summed E-state index contributed by atoms with van der Waals surface area (Å²) in [6.07, 6.45) is 1.73. The molecule has 0 radical (unpaired) electrons. The van der Waals surface area contributed by atoms with Crippen molar-refractivity contribution in [1.82, 2.24) is 4.90 Å². The molecule has 1 aromatic rings. The summed E-state index contributed by atoms with van der Waals surface area (Å²) in [5.74, 6) is -0.226. The van der Waals surface area contributed by atoms with Crippen LogP contribution in [-0.4, -0.2) is 29.6 Å². The van der Waals surface area contributed by atoms with Gasteiger partial charge >= 0.3 is 0 Å². The van der Waals surface area contributed by atoms with Crippen molar-refractivity contribution in [3.8, 4) is 0 Å². The summed E-state index contributed by atoms with van der Waals surface area (Å²) in [7, 11) is 0. The second-order valence-corrected chi connectivity index (χ2v) is 6.28. The predicted molar refractivity (Wildman–Crippen MR) is 87.4 cm³/mol. The fraction of sp³-hybridized carbons (Fsp3) is 0.625. The molecule has 0 amide bonds. The van der Waals surface area contributed by atoms with E-state index in [1.165, 1.54) is 12.1 Å². The summed E-state index contributed by atoms with van der Waals surface area (Å²) in [6, 6.07) is 4.82. The largest absolute Gasteiger partial charge is 0.326 e. The Morgan fingerprint density at radius 3 is 2.35 bits per heavy atom. The van der Waals surface area contributed by atoms with Gasteiger partial charge in [-0.05, 0) is 50.6 Å². The molecule has 4 heteroatoms. The first-order chi connectivity index (χ1) is 9.38. The lowest BCUT2D eigenvalue weighted by atomic mass is 9.84. The van der Waals surface area contributed by atoms with E-state index in [1.807, 2.05) is 6.07 Å². The molecule has 0 aliphatic rings. The van der Waals surface area contributed by atoms with Gasteiger partial charge in [-0.1, -0.05) is 42.8 Å². The Labute approximate surface area is 130 Å². The van der Waals surface area contributed by atoms with Crippen LogP contribution in [0.2, 0.25) is 0 Å². The van der Waals surface area contributed by atoms with Crippen LogP contribution < -0.4 is 5.73 Å². The van der Waals surface area contributed by atoms with Gasteiger partial charge in [-0.2, -0.15) is 0 Å². The van der Waals surface area contributed by atoms with E-state index in [1.54, 1.807) is 0 Å². The molecule has 2 atom stereocenters. The molecule has 0 heterocycles. The van der Waals surface area contributed by atoms with Gasteiger partial charge in [0.15, 0.2) is 0 Å². The van der Waals surface area contributed by atoms with Gasteiger partial charge in [0.05, 0.1) is 0 Å². The molecule has 20 heavy (non-hydrogen) atoms. The van der Waals surface area contributed by atoms with E-state index in [0.29, 0.717) is 0 Å². The highest BCUT2D eigenvalue weighted by atomic mass is 79.9. The molecule has 0 aliphatic heterocycles. The molecule has 0 aliphatic carbocycles. The number of hydrogen-bond acceptors (Lipinski definition) is 2. The highest BCUT2D eigenvalue weighted by molar-refractivity contribution is 9.10. The SMILES string of the molecule is CCN(CC)C(C)(CC)C(N)Cc1ccc(F)cc1Br. The van der Waals surface area contributed by atoms with Gasteiger partial charge in [-0.15, -0.1) is 0 Å². The molecule has 0 aromatic heterocycles. The number of likely N-dealkylation sites (N-methyl/N-ethyl adjacent to an activating group) is 1. The quantitative estimate of drug-likeness (QED) is 0.810. The number of hydrogen-bond donors (Lipinski definition) is 1. The van der Waals surface area contributed by atoms with Gasteiger partial charge in [-0.25, -0.2) is 4.39 Å². The molecule has 114 valence electrons. The minimum absolute atomic E-state index is 0.00848. The van der Waals surface area contributed by atoms with Crippen LogP contribution in [-0.2, 0) is 6.42 Å². The summed E-state index contributed by atoms with van der Waals surface area (Å²) in [6.45, 7) is 10.7. The van der Waals surface area contributed by atoms with Crippen LogP contribution >= 0.6 is 15.9 Å². The van der Waals surface area contributed by atoms with E-state index >= 15 is 0 Å². The Morgan fingerprint density at radius 1 is 1.30 bits per heavy atom. The zero-order valence-corrected chi connectivity index (χ0v) is 14.5. The number of rotatable bonds is 7. The molecule has 2 unspecified atom stereocenters. The number of benzene rings is 1. The van der Waals surface area contributed by atoms with Gasteiger partial charge in [0.25, 0.3) is 0 Å². The first kappa shape index (κ1) is 17.6. The molecular weight excluding hydrogens is 319 g/mol. The predicted octanol–water partition coefficient (Wildman–Crippen LogP) is 3.97. The maximum absolute atomic E-state index is 13.2. The maximum Gasteiger partial charge on any atom is 0.124 e. The van der Waals surface area contributed by atoms with Crippen LogP contribution in [0.3, 0.4) is 0 Å². The van der Waals surface area contributed by atoms with Crippen LogP contribution in [0.25, 0.3) is 0 Å². The summed E-state index contributed by atoms with van der Waals surface area (Å²) in [5, 5.41) is 0. The molecule has 2 nitrogen and oxygen atoms in total. The zero-order valence-electron chi connectivity index (χ0n) is 12.9. The fourth-order valence-electron chi connectivity index (χ4n) is 2.81. The summed E-state index contributed by atoms with van der Waals surface area (Å²) in [4.78, 5) is 2.41. The molecule has 0 bridgehead atoms. The molecule has 2 N–H and O–H groups in total. The molecule has 0 spiro atoms. The Kier molecular flexibility index (Phi) is 6.62.